The molecule has 1 saturated heterocycles. The Bertz CT molecular complexity index is 446. The van der Waals surface area contributed by atoms with Crippen molar-refractivity contribution in [1.29, 1.82) is 0 Å². The minimum Gasteiger partial charge on any atom is -0.350 e. The zero-order valence-corrected chi connectivity index (χ0v) is 10.8. The van der Waals surface area contributed by atoms with E-state index in [9.17, 15) is 4.79 Å². The molecule has 0 spiro atoms. The van der Waals surface area contributed by atoms with E-state index in [2.05, 4.69) is 5.32 Å². The highest BCUT2D eigenvalue weighted by Crippen LogP contribution is 2.34. The first-order chi connectivity index (χ1) is 8.74. The second-order valence-electron chi connectivity index (χ2n) is 5.01. The van der Waals surface area contributed by atoms with Gasteiger partial charge in [0.2, 0.25) is 5.91 Å². The average molecular weight is 266 g/mol. The molecule has 1 aromatic carbocycles. The van der Waals surface area contributed by atoms with Gasteiger partial charge >= 0.3 is 0 Å². The van der Waals surface area contributed by atoms with E-state index in [4.69, 9.17) is 16.3 Å². The van der Waals surface area contributed by atoms with Gasteiger partial charge in [0, 0.05) is 10.6 Å². The van der Waals surface area contributed by atoms with Crippen LogP contribution in [0.1, 0.15) is 37.5 Å². The number of rotatable bonds is 1. The van der Waals surface area contributed by atoms with Crippen molar-refractivity contribution in [2.24, 2.45) is 5.92 Å². The summed E-state index contributed by atoms with van der Waals surface area (Å²) in [6.45, 7) is 0. The van der Waals surface area contributed by atoms with Crippen LogP contribution < -0.4 is 5.32 Å². The van der Waals surface area contributed by atoms with Crippen molar-refractivity contribution >= 4 is 17.5 Å². The lowest BCUT2D eigenvalue weighted by Crippen LogP contribution is -2.49. The Morgan fingerprint density at radius 1 is 1.17 bits per heavy atom. The van der Waals surface area contributed by atoms with Crippen LogP contribution >= 0.6 is 11.6 Å². The molecule has 3 nitrogen and oxygen atoms in total. The Kier molecular flexibility index (Phi) is 3.27. The van der Waals surface area contributed by atoms with Crippen LogP contribution in [0.15, 0.2) is 24.3 Å². The van der Waals surface area contributed by atoms with Crippen molar-refractivity contribution in [3.8, 4) is 0 Å². The molecule has 18 heavy (non-hydrogen) atoms. The summed E-state index contributed by atoms with van der Waals surface area (Å²) >= 11 is 5.86. The van der Waals surface area contributed by atoms with Gasteiger partial charge in [-0.05, 0) is 25.0 Å². The van der Waals surface area contributed by atoms with E-state index in [1.807, 2.05) is 24.3 Å². The normalized spacial score (nSPS) is 31.6. The fourth-order valence-corrected chi connectivity index (χ4v) is 2.93. The van der Waals surface area contributed by atoms with Gasteiger partial charge in [0.15, 0.2) is 6.23 Å². The topological polar surface area (TPSA) is 38.3 Å². The maximum atomic E-state index is 12.1. The van der Waals surface area contributed by atoms with Crippen LogP contribution in [0.5, 0.6) is 0 Å². The van der Waals surface area contributed by atoms with Gasteiger partial charge in [-0.15, -0.1) is 0 Å². The number of ether oxygens (including phenoxy) is 1. The summed E-state index contributed by atoms with van der Waals surface area (Å²) in [5.74, 6) is 0.174. The van der Waals surface area contributed by atoms with Crippen LogP contribution in [-0.4, -0.2) is 12.0 Å². The minimum atomic E-state index is -0.325. The number of halogens is 1. The van der Waals surface area contributed by atoms with Crippen LogP contribution in [0.3, 0.4) is 0 Å². The fourth-order valence-electron chi connectivity index (χ4n) is 2.80. The molecule has 1 saturated carbocycles. The van der Waals surface area contributed by atoms with E-state index in [-0.39, 0.29) is 24.2 Å². The average Bonchev–Trinajstić information content (AvgIpc) is 2.39. The molecular weight excluding hydrogens is 250 g/mol. The van der Waals surface area contributed by atoms with Crippen molar-refractivity contribution in [2.75, 3.05) is 0 Å². The third-order valence-electron chi connectivity index (χ3n) is 3.80. The fraction of sp³-hybridized carbons (Fsp3) is 0.500. The van der Waals surface area contributed by atoms with Gasteiger partial charge in [0.1, 0.15) is 0 Å². The summed E-state index contributed by atoms with van der Waals surface area (Å²) < 4.78 is 6.01. The van der Waals surface area contributed by atoms with Gasteiger partial charge in [-0.2, -0.15) is 0 Å². The molecule has 1 amide bonds. The molecule has 2 aliphatic rings. The number of nitrogens with one attached hydrogen (secondary N) is 1. The van der Waals surface area contributed by atoms with Gasteiger partial charge < -0.3 is 10.1 Å². The summed E-state index contributed by atoms with van der Waals surface area (Å²) in [7, 11) is 0. The van der Waals surface area contributed by atoms with Crippen LogP contribution in [0.25, 0.3) is 0 Å². The second kappa shape index (κ2) is 4.90. The third-order valence-corrected chi connectivity index (χ3v) is 4.05. The SMILES string of the molecule is O=C1N[C@H](c2ccc(Cl)cc2)O[C@H]2CCCC[C@H]12. The molecule has 4 heteroatoms. The summed E-state index contributed by atoms with van der Waals surface area (Å²) in [5, 5.41) is 3.64. The van der Waals surface area contributed by atoms with Crippen LogP contribution in [0, 0.1) is 5.92 Å². The molecule has 0 radical (unpaired) electrons. The number of hydrogen-bond acceptors (Lipinski definition) is 2. The Morgan fingerprint density at radius 2 is 1.89 bits per heavy atom. The standard InChI is InChI=1S/C14H16ClNO2/c15-10-7-5-9(6-8-10)14-16-13(17)11-3-1-2-4-12(11)18-14/h5-8,11-12,14H,1-4H2,(H,16,17)/t11-,12-,14-/m0/s1. The van der Waals surface area contributed by atoms with Gasteiger partial charge in [-0.25, -0.2) is 0 Å². The van der Waals surface area contributed by atoms with Crippen molar-refractivity contribution in [1.82, 2.24) is 5.32 Å². The molecule has 96 valence electrons. The molecule has 0 unspecified atom stereocenters. The second-order valence-corrected chi connectivity index (χ2v) is 5.44. The number of amides is 1. The number of carbonyl (C=O) groups is 1. The maximum absolute atomic E-state index is 12.1. The van der Waals surface area contributed by atoms with Crippen molar-refractivity contribution in [3.05, 3.63) is 34.9 Å². The van der Waals surface area contributed by atoms with E-state index in [1.165, 1.54) is 0 Å². The summed E-state index contributed by atoms with van der Waals surface area (Å²) in [6.07, 6.45) is 3.97. The minimum absolute atomic E-state index is 0.0438. The summed E-state index contributed by atoms with van der Waals surface area (Å²) in [5.41, 5.74) is 0.955. The van der Waals surface area contributed by atoms with Gasteiger partial charge in [0.25, 0.3) is 0 Å². The van der Waals surface area contributed by atoms with Crippen molar-refractivity contribution in [3.63, 3.8) is 0 Å². The van der Waals surface area contributed by atoms with Gasteiger partial charge in [-0.3, -0.25) is 4.79 Å². The Labute approximate surface area is 111 Å². The molecular formula is C14H16ClNO2. The highest BCUT2D eigenvalue weighted by molar-refractivity contribution is 6.30. The molecule has 0 bridgehead atoms. The van der Waals surface area contributed by atoms with Crippen molar-refractivity contribution in [2.45, 2.75) is 38.0 Å². The zero-order chi connectivity index (χ0) is 12.5. The van der Waals surface area contributed by atoms with Crippen LogP contribution in [0.2, 0.25) is 5.02 Å². The van der Waals surface area contributed by atoms with E-state index >= 15 is 0 Å². The molecule has 1 aliphatic carbocycles. The number of fused-ring (bicyclic) bond motifs is 1. The monoisotopic (exact) mass is 265 g/mol. The Morgan fingerprint density at radius 3 is 2.67 bits per heavy atom. The lowest BCUT2D eigenvalue weighted by molar-refractivity contribution is -0.159. The van der Waals surface area contributed by atoms with E-state index in [0.717, 1.165) is 31.2 Å². The number of hydrogen-bond donors (Lipinski definition) is 1. The smallest absolute Gasteiger partial charge is 0.227 e. The Hall–Kier alpha value is -1.06. The molecule has 3 rings (SSSR count). The molecule has 1 N–H and O–H groups in total. The third kappa shape index (κ3) is 2.25. The van der Waals surface area contributed by atoms with Crippen molar-refractivity contribution < 1.29 is 9.53 Å². The lowest BCUT2D eigenvalue weighted by atomic mass is 9.84. The predicted molar refractivity (Wildman–Crippen MR) is 69.2 cm³/mol. The molecule has 0 aromatic heterocycles. The first-order valence-electron chi connectivity index (χ1n) is 6.45. The lowest BCUT2D eigenvalue weighted by Gasteiger charge is -2.39. The largest absolute Gasteiger partial charge is 0.350 e. The molecule has 1 heterocycles. The van der Waals surface area contributed by atoms with Gasteiger partial charge in [-0.1, -0.05) is 36.6 Å². The summed E-state index contributed by atoms with van der Waals surface area (Å²) in [4.78, 5) is 12.1. The molecule has 1 aromatic rings. The first kappa shape index (κ1) is 12.0. The van der Waals surface area contributed by atoms with Gasteiger partial charge in [0.05, 0.1) is 12.0 Å². The Balaban J connectivity index is 1.78. The van der Waals surface area contributed by atoms with E-state index < -0.39 is 0 Å². The number of benzene rings is 1. The van der Waals surface area contributed by atoms with Crippen LogP contribution in [0.4, 0.5) is 0 Å². The maximum Gasteiger partial charge on any atom is 0.227 e. The van der Waals surface area contributed by atoms with E-state index in [0.29, 0.717) is 5.02 Å². The highest BCUT2D eigenvalue weighted by atomic mass is 35.5. The number of carbonyl (C=O) groups excluding carboxylic acids is 1. The molecule has 1 aliphatic heterocycles. The predicted octanol–water partition coefficient (Wildman–Crippen LogP) is 3.04. The molecule has 3 atom stereocenters. The van der Waals surface area contributed by atoms with E-state index in [1.54, 1.807) is 0 Å². The quantitative estimate of drug-likeness (QED) is 0.848. The highest BCUT2D eigenvalue weighted by Gasteiger charge is 2.38. The first-order valence-corrected chi connectivity index (χ1v) is 6.83. The zero-order valence-electron chi connectivity index (χ0n) is 10.1. The molecule has 2 fully saturated rings. The van der Waals surface area contributed by atoms with Crippen LogP contribution in [-0.2, 0) is 9.53 Å². The summed E-state index contributed by atoms with van der Waals surface area (Å²) in [6, 6.07) is 7.44.